The molecule has 0 aliphatic carbocycles. The van der Waals surface area contributed by atoms with Crippen molar-refractivity contribution in [3.63, 3.8) is 0 Å². The Bertz CT molecular complexity index is 955. The Hall–Kier alpha value is -1.86. The maximum Gasteiger partial charge on any atom is 0.243 e. The lowest BCUT2D eigenvalue weighted by Crippen LogP contribution is -2.40. The van der Waals surface area contributed by atoms with Gasteiger partial charge in [0.15, 0.2) is 5.16 Å². The first-order valence-corrected chi connectivity index (χ1v) is 12.6. The molecule has 1 aromatic heterocycles. The zero-order chi connectivity index (χ0) is 21.7. The second kappa shape index (κ2) is 10.2. The van der Waals surface area contributed by atoms with E-state index < -0.39 is 10.0 Å². The minimum absolute atomic E-state index is 0.269. The summed E-state index contributed by atoms with van der Waals surface area (Å²) >= 11 is 1.57. The predicted molar refractivity (Wildman–Crippen MR) is 116 cm³/mol. The highest BCUT2D eigenvalue weighted by atomic mass is 32.2. The summed E-state index contributed by atoms with van der Waals surface area (Å²) in [6.45, 7) is 5.13. The first kappa shape index (κ1) is 22.3. The second-order valence-electron chi connectivity index (χ2n) is 7.13. The van der Waals surface area contributed by atoms with Crippen molar-refractivity contribution < 1.29 is 22.6 Å². The molecule has 10 nitrogen and oxygen atoms in total. The molecular formula is C19H27N5O5S2. The molecule has 2 aromatic rings. The summed E-state index contributed by atoms with van der Waals surface area (Å²) in [6, 6.07) is 6.56. The van der Waals surface area contributed by atoms with Gasteiger partial charge < -0.3 is 19.1 Å². The Morgan fingerprint density at radius 2 is 1.65 bits per heavy atom. The zero-order valence-corrected chi connectivity index (χ0v) is 19.1. The molecule has 0 unspecified atom stereocenters. The molecule has 2 saturated heterocycles. The normalized spacial score (nSPS) is 18.3. The van der Waals surface area contributed by atoms with Crippen molar-refractivity contribution in [2.75, 3.05) is 69.9 Å². The van der Waals surface area contributed by atoms with Crippen molar-refractivity contribution in [1.82, 2.24) is 19.1 Å². The van der Waals surface area contributed by atoms with E-state index in [1.165, 1.54) is 4.31 Å². The van der Waals surface area contributed by atoms with E-state index in [4.69, 9.17) is 14.2 Å². The zero-order valence-electron chi connectivity index (χ0n) is 17.5. The average molecular weight is 470 g/mol. The van der Waals surface area contributed by atoms with Gasteiger partial charge in [-0.2, -0.15) is 4.31 Å². The third-order valence-corrected chi connectivity index (χ3v) is 8.02. The van der Waals surface area contributed by atoms with E-state index in [1.807, 2.05) is 11.6 Å². The number of ether oxygens (including phenoxy) is 3. The molecule has 12 heteroatoms. The predicted octanol–water partition coefficient (Wildman–Crippen LogP) is 0.844. The number of aromatic nitrogens is 3. The van der Waals surface area contributed by atoms with Crippen LogP contribution in [-0.2, 0) is 26.5 Å². The van der Waals surface area contributed by atoms with Crippen LogP contribution < -0.4 is 9.64 Å². The van der Waals surface area contributed by atoms with E-state index in [-0.39, 0.29) is 4.90 Å². The molecule has 0 N–H and O–H groups in total. The largest absolute Gasteiger partial charge is 0.493 e. The van der Waals surface area contributed by atoms with E-state index in [0.717, 1.165) is 24.2 Å². The number of hydrogen-bond acceptors (Lipinski definition) is 9. The molecule has 0 radical (unpaired) electrons. The molecule has 0 atom stereocenters. The van der Waals surface area contributed by atoms with Gasteiger partial charge in [0.25, 0.3) is 0 Å². The first-order valence-electron chi connectivity index (χ1n) is 10.2. The highest BCUT2D eigenvalue weighted by Crippen LogP contribution is 2.23. The number of morpholine rings is 2. The standard InChI is InChI=1S/C19H27N5O5S2/c1-22-18(23-6-10-27-11-7-23)20-21-19(22)30-15-14-29-16-2-4-17(5-3-16)31(25,26)24-8-12-28-13-9-24/h2-5H,6-15H2,1H3. The van der Waals surface area contributed by atoms with Crippen LogP contribution in [0.2, 0.25) is 0 Å². The molecule has 31 heavy (non-hydrogen) atoms. The second-order valence-corrected chi connectivity index (χ2v) is 10.1. The van der Waals surface area contributed by atoms with Crippen LogP contribution in [0.5, 0.6) is 5.75 Å². The molecule has 0 bridgehead atoms. The average Bonchev–Trinajstić information content (AvgIpc) is 3.18. The SMILES string of the molecule is Cn1c(SCCOc2ccc(S(=O)(=O)N3CCOCC3)cc2)nnc1N1CCOCC1. The minimum Gasteiger partial charge on any atom is -0.493 e. The van der Waals surface area contributed by atoms with E-state index in [9.17, 15) is 8.42 Å². The number of rotatable bonds is 8. The van der Waals surface area contributed by atoms with Crippen LogP contribution in [0.3, 0.4) is 0 Å². The van der Waals surface area contributed by atoms with Crippen molar-refractivity contribution in [1.29, 1.82) is 0 Å². The van der Waals surface area contributed by atoms with Crippen molar-refractivity contribution in [2.45, 2.75) is 10.1 Å². The van der Waals surface area contributed by atoms with Gasteiger partial charge in [-0.25, -0.2) is 8.42 Å². The van der Waals surface area contributed by atoms with Crippen LogP contribution in [-0.4, -0.2) is 92.5 Å². The molecule has 0 saturated carbocycles. The number of thioether (sulfide) groups is 1. The molecule has 1 aromatic carbocycles. The lowest BCUT2D eigenvalue weighted by Gasteiger charge is -2.27. The Morgan fingerprint density at radius 1 is 1.00 bits per heavy atom. The quantitative estimate of drug-likeness (QED) is 0.411. The van der Waals surface area contributed by atoms with E-state index in [1.54, 1.807) is 36.0 Å². The van der Waals surface area contributed by atoms with Gasteiger partial charge in [0.05, 0.1) is 37.9 Å². The van der Waals surface area contributed by atoms with Crippen LogP contribution >= 0.6 is 11.8 Å². The van der Waals surface area contributed by atoms with Gasteiger partial charge >= 0.3 is 0 Å². The van der Waals surface area contributed by atoms with Crippen molar-refractivity contribution in [3.8, 4) is 5.75 Å². The molecule has 3 heterocycles. The van der Waals surface area contributed by atoms with Crippen LogP contribution in [0, 0.1) is 0 Å². The van der Waals surface area contributed by atoms with Gasteiger partial charge in [-0.3, -0.25) is 4.57 Å². The maximum atomic E-state index is 12.7. The summed E-state index contributed by atoms with van der Waals surface area (Å²) in [6.07, 6.45) is 0. The van der Waals surface area contributed by atoms with Crippen molar-refractivity contribution >= 4 is 27.7 Å². The van der Waals surface area contributed by atoms with E-state index in [0.29, 0.717) is 57.6 Å². The number of sulfonamides is 1. The Morgan fingerprint density at radius 3 is 2.32 bits per heavy atom. The third-order valence-electron chi connectivity index (χ3n) is 5.12. The van der Waals surface area contributed by atoms with Gasteiger partial charge in [-0.05, 0) is 24.3 Å². The van der Waals surface area contributed by atoms with E-state index >= 15 is 0 Å². The first-order chi connectivity index (χ1) is 15.1. The molecule has 2 aliphatic rings. The van der Waals surface area contributed by atoms with E-state index in [2.05, 4.69) is 15.1 Å². The molecule has 170 valence electrons. The number of anilines is 1. The highest BCUT2D eigenvalue weighted by molar-refractivity contribution is 7.99. The molecule has 0 spiro atoms. The summed E-state index contributed by atoms with van der Waals surface area (Å²) in [5, 5.41) is 9.41. The monoisotopic (exact) mass is 469 g/mol. The lowest BCUT2D eigenvalue weighted by atomic mass is 10.3. The van der Waals surface area contributed by atoms with Gasteiger partial charge in [-0.15, -0.1) is 10.2 Å². The smallest absolute Gasteiger partial charge is 0.243 e. The fraction of sp³-hybridized carbons (Fsp3) is 0.579. The minimum atomic E-state index is -3.49. The van der Waals surface area contributed by atoms with Gasteiger partial charge in [0.2, 0.25) is 16.0 Å². The van der Waals surface area contributed by atoms with Crippen LogP contribution in [0.4, 0.5) is 5.95 Å². The Balaban J connectivity index is 1.26. The summed E-state index contributed by atoms with van der Waals surface area (Å²) in [7, 11) is -1.53. The third kappa shape index (κ3) is 5.32. The fourth-order valence-electron chi connectivity index (χ4n) is 3.41. The van der Waals surface area contributed by atoms with Crippen molar-refractivity contribution in [2.24, 2.45) is 7.05 Å². The summed E-state index contributed by atoms with van der Waals surface area (Å²) in [5.74, 6) is 2.18. The summed E-state index contributed by atoms with van der Waals surface area (Å²) in [5.41, 5.74) is 0. The fourth-order valence-corrected chi connectivity index (χ4v) is 5.54. The molecule has 4 rings (SSSR count). The highest BCUT2D eigenvalue weighted by Gasteiger charge is 2.26. The number of nitrogens with zero attached hydrogens (tertiary/aromatic N) is 5. The van der Waals surface area contributed by atoms with Crippen LogP contribution in [0.25, 0.3) is 0 Å². The molecular weight excluding hydrogens is 442 g/mol. The van der Waals surface area contributed by atoms with Crippen LogP contribution in [0.15, 0.2) is 34.3 Å². The molecule has 0 amide bonds. The van der Waals surface area contributed by atoms with Gasteiger partial charge in [0.1, 0.15) is 5.75 Å². The van der Waals surface area contributed by atoms with Gasteiger partial charge in [0, 0.05) is 39.0 Å². The number of benzene rings is 1. The topological polar surface area (TPSA) is 99.0 Å². The molecule has 2 fully saturated rings. The molecule has 2 aliphatic heterocycles. The van der Waals surface area contributed by atoms with Gasteiger partial charge in [-0.1, -0.05) is 11.8 Å². The van der Waals surface area contributed by atoms with Crippen LogP contribution in [0.1, 0.15) is 0 Å². The summed E-state index contributed by atoms with van der Waals surface area (Å²) < 4.78 is 45.2. The number of hydrogen-bond donors (Lipinski definition) is 0. The lowest BCUT2D eigenvalue weighted by molar-refractivity contribution is 0.0730. The Labute approximate surface area is 186 Å². The Kier molecular flexibility index (Phi) is 7.33. The van der Waals surface area contributed by atoms with Crippen molar-refractivity contribution in [3.05, 3.63) is 24.3 Å². The summed E-state index contributed by atoms with van der Waals surface area (Å²) in [4.78, 5) is 2.44. The maximum absolute atomic E-state index is 12.7.